The summed E-state index contributed by atoms with van der Waals surface area (Å²) in [6.45, 7) is 2.05. The zero-order valence-electron chi connectivity index (χ0n) is 16.6. The van der Waals surface area contributed by atoms with Crippen molar-refractivity contribution in [3.05, 3.63) is 100 Å². The number of nitrogens with one attached hydrogen (secondary N) is 1. The Hall–Kier alpha value is -3.34. The molecule has 4 rings (SSSR count). The molecule has 1 aromatic heterocycles. The van der Waals surface area contributed by atoms with E-state index in [1.807, 2.05) is 36.4 Å². The predicted octanol–water partition coefficient (Wildman–Crippen LogP) is 7.28. The molecule has 1 amide bonds. The van der Waals surface area contributed by atoms with E-state index in [-0.39, 0.29) is 5.91 Å². The van der Waals surface area contributed by atoms with Gasteiger partial charge >= 0.3 is 0 Å². The Morgan fingerprint density at radius 2 is 1.74 bits per heavy atom. The zero-order valence-corrected chi connectivity index (χ0v) is 18.1. The van der Waals surface area contributed by atoms with Crippen molar-refractivity contribution in [2.45, 2.75) is 6.92 Å². The number of hydrogen-bond donors (Lipinski definition) is 1. The smallest absolute Gasteiger partial charge is 0.248 e. The number of aryl methyl sites for hydroxylation is 1. The van der Waals surface area contributed by atoms with Gasteiger partial charge in [0.15, 0.2) is 0 Å². The van der Waals surface area contributed by atoms with Crippen LogP contribution in [0.5, 0.6) is 0 Å². The molecule has 0 atom stereocenters. The van der Waals surface area contributed by atoms with Crippen LogP contribution >= 0.6 is 23.2 Å². The maximum Gasteiger partial charge on any atom is 0.248 e. The maximum atomic E-state index is 12.2. The van der Waals surface area contributed by atoms with Gasteiger partial charge in [0.25, 0.3) is 0 Å². The van der Waals surface area contributed by atoms with E-state index in [2.05, 4.69) is 23.3 Å². The van der Waals surface area contributed by atoms with Crippen molar-refractivity contribution in [3.63, 3.8) is 0 Å². The van der Waals surface area contributed by atoms with E-state index in [4.69, 9.17) is 27.6 Å². The van der Waals surface area contributed by atoms with Gasteiger partial charge in [0.1, 0.15) is 6.26 Å². The van der Waals surface area contributed by atoms with Crippen LogP contribution in [0.15, 0.2) is 83.6 Å². The SMILES string of the molecule is Cc1ccc(-c2ncco2)cc1-c1ccc(NC(=O)C=Cc2ccc(Cl)c(Cl)c2)cc1. The second kappa shape index (κ2) is 9.21. The first-order valence-electron chi connectivity index (χ1n) is 9.55. The summed E-state index contributed by atoms with van der Waals surface area (Å²) in [6, 6.07) is 19.0. The van der Waals surface area contributed by atoms with Crippen LogP contribution in [0.4, 0.5) is 5.69 Å². The van der Waals surface area contributed by atoms with Crippen molar-refractivity contribution in [2.75, 3.05) is 5.32 Å². The summed E-state index contributed by atoms with van der Waals surface area (Å²) in [5.74, 6) is 0.347. The molecule has 4 nitrogen and oxygen atoms in total. The number of carbonyl (C=O) groups excluding carboxylic acids is 1. The molecule has 0 saturated heterocycles. The number of hydrogen-bond acceptors (Lipinski definition) is 3. The molecule has 0 saturated carbocycles. The number of halogens is 2. The van der Waals surface area contributed by atoms with Crippen molar-refractivity contribution in [1.82, 2.24) is 4.98 Å². The van der Waals surface area contributed by atoms with Gasteiger partial charge in [-0.15, -0.1) is 0 Å². The molecule has 1 heterocycles. The van der Waals surface area contributed by atoms with Crippen LogP contribution < -0.4 is 5.32 Å². The van der Waals surface area contributed by atoms with Gasteiger partial charge in [0.05, 0.1) is 16.2 Å². The third-order valence-corrected chi connectivity index (χ3v) is 5.49. The highest BCUT2D eigenvalue weighted by molar-refractivity contribution is 6.42. The highest BCUT2D eigenvalue weighted by Gasteiger charge is 2.08. The van der Waals surface area contributed by atoms with Crippen LogP contribution in [-0.4, -0.2) is 10.9 Å². The van der Waals surface area contributed by atoms with Crippen LogP contribution in [0.2, 0.25) is 10.0 Å². The molecular weight excluding hydrogens is 431 g/mol. The van der Waals surface area contributed by atoms with Gasteiger partial charge in [-0.25, -0.2) is 4.98 Å². The van der Waals surface area contributed by atoms with Crippen molar-refractivity contribution >= 4 is 40.9 Å². The lowest BCUT2D eigenvalue weighted by atomic mass is 9.98. The van der Waals surface area contributed by atoms with Crippen molar-refractivity contribution in [1.29, 1.82) is 0 Å². The molecule has 0 bridgehead atoms. The fourth-order valence-corrected chi connectivity index (χ4v) is 3.44. The Bertz CT molecular complexity index is 1250. The quantitative estimate of drug-likeness (QED) is 0.326. The van der Waals surface area contributed by atoms with Gasteiger partial charge in [0, 0.05) is 17.3 Å². The molecule has 0 aliphatic rings. The van der Waals surface area contributed by atoms with Gasteiger partial charge in [-0.2, -0.15) is 0 Å². The van der Waals surface area contributed by atoms with Gasteiger partial charge < -0.3 is 9.73 Å². The standard InChI is InChI=1S/C25H18Cl2N2O2/c1-16-2-5-19(25-28-12-13-31-25)15-21(16)18-6-8-20(9-7-18)29-24(30)11-4-17-3-10-22(26)23(27)14-17/h2-15H,1H3,(H,29,30). The zero-order chi connectivity index (χ0) is 21.8. The average Bonchev–Trinajstić information content (AvgIpc) is 3.31. The minimum atomic E-state index is -0.235. The van der Waals surface area contributed by atoms with E-state index in [1.165, 1.54) is 6.08 Å². The van der Waals surface area contributed by atoms with Gasteiger partial charge in [0.2, 0.25) is 11.8 Å². The second-order valence-corrected chi connectivity index (χ2v) is 7.75. The molecule has 4 aromatic rings. The Kier molecular flexibility index (Phi) is 6.21. The third-order valence-electron chi connectivity index (χ3n) is 4.75. The molecule has 0 unspecified atom stereocenters. The molecular formula is C25H18Cl2N2O2. The van der Waals surface area contributed by atoms with Crippen molar-refractivity contribution < 1.29 is 9.21 Å². The van der Waals surface area contributed by atoms with E-state index >= 15 is 0 Å². The van der Waals surface area contributed by atoms with E-state index in [9.17, 15) is 4.79 Å². The Labute approximate surface area is 190 Å². The molecule has 3 aromatic carbocycles. The van der Waals surface area contributed by atoms with Crippen LogP contribution in [0.1, 0.15) is 11.1 Å². The summed E-state index contributed by atoms with van der Waals surface area (Å²) in [4.78, 5) is 16.5. The topological polar surface area (TPSA) is 55.1 Å². The highest BCUT2D eigenvalue weighted by atomic mass is 35.5. The highest BCUT2D eigenvalue weighted by Crippen LogP contribution is 2.29. The molecule has 1 N–H and O–H groups in total. The summed E-state index contributed by atoms with van der Waals surface area (Å²) < 4.78 is 5.40. The number of rotatable bonds is 5. The number of amides is 1. The number of carbonyl (C=O) groups is 1. The maximum absolute atomic E-state index is 12.2. The fraction of sp³-hybridized carbons (Fsp3) is 0.0400. The third kappa shape index (κ3) is 5.05. The lowest BCUT2D eigenvalue weighted by molar-refractivity contribution is -0.111. The van der Waals surface area contributed by atoms with Crippen LogP contribution in [-0.2, 0) is 4.79 Å². The first-order valence-corrected chi connectivity index (χ1v) is 10.3. The van der Waals surface area contributed by atoms with E-state index in [1.54, 1.807) is 36.7 Å². The number of benzene rings is 3. The van der Waals surface area contributed by atoms with Gasteiger partial charge in [-0.1, -0.05) is 47.5 Å². The number of anilines is 1. The molecule has 154 valence electrons. The van der Waals surface area contributed by atoms with E-state index in [0.717, 1.165) is 27.8 Å². The van der Waals surface area contributed by atoms with Crippen LogP contribution in [0.25, 0.3) is 28.7 Å². The van der Waals surface area contributed by atoms with E-state index < -0.39 is 0 Å². The summed E-state index contributed by atoms with van der Waals surface area (Å²) >= 11 is 11.9. The molecule has 6 heteroatoms. The monoisotopic (exact) mass is 448 g/mol. The number of nitrogens with zero attached hydrogens (tertiary/aromatic N) is 1. The molecule has 0 aliphatic carbocycles. The second-order valence-electron chi connectivity index (χ2n) is 6.94. The summed E-state index contributed by atoms with van der Waals surface area (Å²) in [5, 5.41) is 3.78. The Morgan fingerprint density at radius 1 is 0.968 bits per heavy atom. The van der Waals surface area contributed by atoms with Gasteiger partial charge in [-0.05, 0) is 71.7 Å². The van der Waals surface area contributed by atoms with Crippen molar-refractivity contribution in [2.24, 2.45) is 0 Å². The average molecular weight is 449 g/mol. The summed E-state index contributed by atoms with van der Waals surface area (Å²) in [5.41, 5.74) is 5.66. The van der Waals surface area contributed by atoms with Crippen molar-refractivity contribution in [3.8, 4) is 22.6 Å². The molecule has 0 spiro atoms. The fourth-order valence-electron chi connectivity index (χ4n) is 3.14. The summed E-state index contributed by atoms with van der Waals surface area (Å²) in [7, 11) is 0. The minimum Gasteiger partial charge on any atom is -0.445 e. The predicted molar refractivity (Wildman–Crippen MR) is 126 cm³/mol. The first kappa shape index (κ1) is 20.9. The summed E-state index contributed by atoms with van der Waals surface area (Å²) in [6.07, 6.45) is 6.32. The number of aromatic nitrogens is 1. The lowest BCUT2D eigenvalue weighted by Gasteiger charge is -2.09. The lowest BCUT2D eigenvalue weighted by Crippen LogP contribution is -2.07. The first-order chi connectivity index (χ1) is 15.0. The van der Waals surface area contributed by atoms with Gasteiger partial charge in [-0.3, -0.25) is 4.79 Å². The van der Waals surface area contributed by atoms with Crippen LogP contribution in [0, 0.1) is 6.92 Å². The molecule has 31 heavy (non-hydrogen) atoms. The van der Waals surface area contributed by atoms with Crippen LogP contribution in [0.3, 0.4) is 0 Å². The Balaban J connectivity index is 1.47. The Morgan fingerprint density at radius 3 is 2.45 bits per heavy atom. The molecule has 0 aliphatic heterocycles. The molecule has 0 fully saturated rings. The largest absolute Gasteiger partial charge is 0.445 e. The minimum absolute atomic E-state index is 0.235. The normalized spacial score (nSPS) is 11.1. The number of oxazole rings is 1. The molecule has 0 radical (unpaired) electrons. The van der Waals surface area contributed by atoms with E-state index in [0.29, 0.717) is 21.6 Å².